The van der Waals surface area contributed by atoms with Gasteiger partial charge >= 0.3 is 0 Å². The van der Waals surface area contributed by atoms with Gasteiger partial charge in [0.25, 0.3) is 0 Å². The summed E-state index contributed by atoms with van der Waals surface area (Å²) in [7, 11) is -1.58. The van der Waals surface area contributed by atoms with E-state index in [1.54, 1.807) is 17.7 Å². The van der Waals surface area contributed by atoms with Crippen LogP contribution < -0.4 is 14.2 Å². The van der Waals surface area contributed by atoms with E-state index in [9.17, 15) is 13.7 Å². The number of nitriles is 1. The second-order valence-corrected chi connectivity index (χ2v) is 11.0. The van der Waals surface area contributed by atoms with Gasteiger partial charge in [-0.15, -0.1) is 0 Å². The molecule has 0 radical (unpaired) electrons. The van der Waals surface area contributed by atoms with Crippen LogP contribution in [0.25, 0.3) is 0 Å². The van der Waals surface area contributed by atoms with Crippen LogP contribution in [-0.4, -0.2) is 25.8 Å². The van der Waals surface area contributed by atoms with E-state index in [1.807, 2.05) is 49.4 Å². The van der Waals surface area contributed by atoms with Crippen LogP contribution in [0.15, 0.2) is 48.5 Å². The van der Waals surface area contributed by atoms with Crippen molar-refractivity contribution in [3.63, 3.8) is 0 Å². The number of halogens is 1. The molecule has 0 unspecified atom stereocenters. The summed E-state index contributed by atoms with van der Waals surface area (Å²) in [5, 5.41) is 10.1. The fraction of sp³-hybridized carbons (Fsp3) is 0.346. The first-order valence-corrected chi connectivity index (χ1v) is 13.5. The third-order valence-electron chi connectivity index (χ3n) is 5.81. The van der Waals surface area contributed by atoms with Crippen molar-refractivity contribution in [1.82, 2.24) is 4.57 Å². The summed E-state index contributed by atoms with van der Waals surface area (Å²) in [6.07, 6.45) is 1.94. The number of nitrogens with one attached hydrogen (secondary N) is 1. The fourth-order valence-electron chi connectivity index (χ4n) is 3.67. The molecule has 1 heterocycles. The number of hydrogen-bond donors (Lipinski definition) is 1. The molecule has 2 aromatic carbocycles. The molecule has 0 fully saturated rings. The number of anilines is 1. The molecule has 186 valence electrons. The summed E-state index contributed by atoms with van der Waals surface area (Å²) in [6, 6.07) is 17.2. The number of ether oxygens (including phenoxy) is 2. The van der Waals surface area contributed by atoms with Crippen LogP contribution in [0.2, 0.25) is 5.02 Å². The monoisotopic (exact) mass is 515 g/mol. The third-order valence-corrected chi connectivity index (χ3v) is 6.68. The van der Waals surface area contributed by atoms with Crippen LogP contribution in [0.1, 0.15) is 49.6 Å². The molecular weight excluding hydrogens is 486 g/mol. The Hall–Kier alpha value is -3.15. The molecular formula is C26H30ClN3O4S. The van der Waals surface area contributed by atoms with Crippen LogP contribution in [0.5, 0.6) is 11.5 Å². The maximum absolute atomic E-state index is 11.5. The largest absolute Gasteiger partial charge is 0.491 e. The minimum absolute atomic E-state index is 0.283. The highest BCUT2D eigenvalue weighted by molar-refractivity contribution is 7.92. The second-order valence-electron chi connectivity index (χ2n) is 8.88. The van der Waals surface area contributed by atoms with E-state index in [2.05, 4.69) is 24.6 Å². The molecule has 35 heavy (non-hydrogen) atoms. The SMILES string of the molecule is CCCOc1c(Cl)cc(C(C)(C)c2ccc(OCc3ccc(NS(C)(=O)=O)n3C)cc2)cc1C#N. The Balaban J connectivity index is 1.76. The lowest BCUT2D eigenvalue weighted by molar-refractivity contribution is 0.297. The van der Waals surface area contributed by atoms with Crippen LogP contribution in [0.4, 0.5) is 5.82 Å². The molecule has 0 aliphatic rings. The normalized spacial score (nSPS) is 11.7. The summed E-state index contributed by atoms with van der Waals surface area (Å²) in [5.74, 6) is 1.59. The van der Waals surface area contributed by atoms with Gasteiger partial charge in [0.15, 0.2) is 5.75 Å². The fourth-order valence-corrected chi connectivity index (χ4v) is 4.53. The van der Waals surface area contributed by atoms with E-state index in [0.29, 0.717) is 34.5 Å². The molecule has 1 aromatic heterocycles. The van der Waals surface area contributed by atoms with Crippen molar-refractivity contribution >= 4 is 27.4 Å². The molecule has 9 heteroatoms. The van der Waals surface area contributed by atoms with Crippen molar-refractivity contribution in [2.75, 3.05) is 17.6 Å². The van der Waals surface area contributed by atoms with Gasteiger partial charge in [-0.3, -0.25) is 4.72 Å². The van der Waals surface area contributed by atoms with Crippen molar-refractivity contribution in [2.24, 2.45) is 7.05 Å². The quantitative estimate of drug-likeness (QED) is 0.378. The highest BCUT2D eigenvalue weighted by Crippen LogP contribution is 2.38. The van der Waals surface area contributed by atoms with Crippen molar-refractivity contribution < 1.29 is 17.9 Å². The summed E-state index contributed by atoms with van der Waals surface area (Å²) in [4.78, 5) is 0. The lowest BCUT2D eigenvalue weighted by Crippen LogP contribution is -2.19. The molecule has 0 atom stereocenters. The second kappa shape index (κ2) is 10.6. The molecule has 1 N–H and O–H groups in total. The van der Waals surface area contributed by atoms with Crippen molar-refractivity contribution in [1.29, 1.82) is 5.26 Å². The van der Waals surface area contributed by atoms with E-state index >= 15 is 0 Å². The first-order valence-electron chi connectivity index (χ1n) is 11.2. The lowest BCUT2D eigenvalue weighted by Gasteiger charge is -2.27. The van der Waals surface area contributed by atoms with Crippen molar-refractivity contribution in [2.45, 2.75) is 39.2 Å². The Morgan fingerprint density at radius 1 is 1.09 bits per heavy atom. The maximum Gasteiger partial charge on any atom is 0.230 e. The van der Waals surface area contributed by atoms with Gasteiger partial charge in [0.2, 0.25) is 10.0 Å². The van der Waals surface area contributed by atoms with E-state index in [4.69, 9.17) is 21.1 Å². The molecule has 3 aromatic rings. The minimum atomic E-state index is -3.35. The van der Waals surface area contributed by atoms with Gasteiger partial charge in [0.05, 0.1) is 29.1 Å². The Kier molecular flexibility index (Phi) is 8.04. The third kappa shape index (κ3) is 6.30. The lowest BCUT2D eigenvalue weighted by atomic mass is 9.77. The molecule has 0 saturated heterocycles. The number of aromatic nitrogens is 1. The molecule has 0 saturated carbocycles. The van der Waals surface area contributed by atoms with Gasteiger partial charge in [-0.25, -0.2) is 8.42 Å². The number of benzene rings is 2. The van der Waals surface area contributed by atoms with Crippen LogP contribution in [0.3, 0.4) is 0 Å². The molecule has 0 bridgehead atoms. The Morgan fingerprint density at radius 2 is 1.77 bits per heavy atom. The zero-order valence-electron chi connectivity index (χ0n) is 20.6. The minimum Gasteiger partial charge on any atom is -0.491 e. The van der Waals surface area contributed by atoms with Crippen molar-refractivity contribution in [3.05, 3.63) is 75.9 Å². The molecule has 7 nitrogen and oxygen atoms in total. The van der Waals surface area contributed by atoms with Gasteiger partial charge in [-0.05, 0) is 53.9 Å². The first kappa shape index (κ1) is 26.5. The Labute approximate surface area is 212 Å². The van der Waals surface area contributed by atoms with Crippen molar-refractivity contribution in [3.8, 4) is 17.6 Å². The summed E-state index contributed by atoms with van der Waals surface area (Å²) in [5.41, 5.74) is 2.77. The van der Waals surface area contributed by atoms with E-state index in [-0.39, 0.29) is 6.61 Å². The summed E-state index contributed by atoms with van der Waals surface area (Å²) in [6.45, 7) is 6.92. The average Bonchev–Trinajstić information content (AvgIpc) is 3.14. The summed E-state index contributed by atoms with van der Waals surface area (Å²) >= 11 is 6.48. The number of sulfonamides is 1. The van der Waals surface area contributed by atoms with Gasteiger partial charge in [-0.2, -0.15) is 5.26 Å². The smallest absolute Gasteiger partial charge is 0.230 e. The van der Waals surface area contributed by atoms with Gasteiger partial charge in [0, 0.05) is 12.5 Å². The predicted octanol–water partition coefficient (Wildman–Crippen LogP) is 5.62. The van der Waals surface area contributed by atoms with Gasteiger partial charge in [-0.1, -0.05) is 44.5 Å². The zero-order chi connectivity index (χ0) is 25.8. The van der Waals surface area contributed by atoms with Gasteiger partial charge in [0.1, 0.15) is 24.2 Å². The van der Waals surface area contributed by atoms with Gasteiger partial charge < -0.3 is 14.0 Å². The van der Waals surface area contributed by atoms with E-state index < -0.39 is 15.4 Å². The molecule has 0 amide bonds. The number of nitrogens with zero attached hydrogens (tertiary/aromatic N) is 2. The molecule has 3 rings (SSSR count). The Morgan fingerprint density at radius 3 is 2.37 bits per heavy atom. The van der Waals surface area contributed by atoms with E-state index in [1.165, 1.54) is 0 Å². The van der Waals surface area contributed by atoms with Crippen LogP contribution in [-0.2, 0) is 29.1 Å². The van der Waals surface area contributed by atoms with Crippen LogP contribution in [0, 0.1) is 11.3 Å². The standard InChI is InChI=1S/C26H30ClN3O4S/c1-6-13-33-25-18(16-28)14-20(15-23(25)27)26(2,3)19-7-10-22(11-8-19)34-17-21-9-12-24(30(21)4)29-35(5,31)32/h7-12,14-15,29H,6,13,17H2,1-5H3. The summed E-state index contributed by atoms with van der Waals surface area (Å²) < 4.78 is 38.8. The predicted molar refractivity (Wildman–Crippen MR) is 139 cm³/mol. The van der Waals surface area contributed by atoms with E-state index in [0.717, 1.165) is 29.5 Å². The Bertz CT molecular complexity index is 1340. The van der Waals surface area contributed by atoms with Crippen LogP contribution >= 0.6 is 11.6 Å². The topological polar surface area (TPSA) is 93.3 Å². The zero-order valence-corrected chi connectivity index (χ0v) is 22.1. The molecule has 0 aliphatic heterocycles. The average molecular weight is 516 g/mol. The molecule has 0 spiro atoms. The number of hydrogen-bond acceptors (Lipinski definition) is 5. The molecule has 0 aliphatic carbocycles. The number of rotatable bonds is 10. The highest BCUT2D eigenvalue weighted by Gasteiger charge is 2.26. The highest BCUT2D eigenvalue weighted by atomic mass is 35.5. The maximum atomic E-state index is 11.5. The first-order chi connectivity index (χ1) is 16.5.